The fourth-order valence-corrected chi connectivity index (χ4v) is 3.91. The summed E-state index contributed by atoms with van der Waals surface area (Å²) in [6.07, 6.45) is 1.68. The fourth-order valence-electron chi connectivity index (χ4n) is 3.10. The third-order valence-corrected chi connectivity index (χ3v) is 5.49. The zero-order valence-electron chi connectivity index (χ0n) is 16.2. The van der Waals surface area contributed by atoms with Crippen molar-refractivity contribution < 1.29 is 9.21 Å². The summed E-state index contributed by atoms with van der Waals surface area (Å²) in [4.78, 5) is 22.3. The van der Waals surface area contributed by atoms with Gasteiger partial charge < -0.3 is 20.4 Å². The van der Waals surface area contributed by atoms with Crippen molar-refractivity contribution in [3.05, 3.63) is 59.2 Å². The minimum absolute atomic E-state index is 0.0160. The summed E-state index contributed by atoms with van der Waals surface area (Å²) in [6, 6.07) is 14.2. The van der Waals surface area contributed by atoms with E-state index in [0.29, 0.717) is 18.3 Å². The van der Waals surface area contributed by atoms with E-state index in [1.54, 1.807) is 29.5 Å². The highest BCUT2D eigenvalue weighted by Gasteiger charge is 2.14. The normalized spacial score (nSPS) is 11.0. The van der Waals surface area contributed by atoms with Gasteiger partial charge in [0.25, 0.3) is 6.01 Å². The van der Waals surface area contributed by atoms with Gasteiger partial charge in [0, 0.05) is 24.8 Å². The zero-order valence-corrected chi connectivity index (χ0v) is 17.0. The number of benzene rings is 2. The lowest BCUT2D eigenvalue weighted by molar-refractivity contribution is -0.128. The van der Waals surface area contributed by atoms with Crippen LogP contribution >= 0.6 is 11.3 Å². The molecule has 2 aromatic heterocycles. The summed E-state index contributed by atoms with van der Waals surface area (Å²) in [7, 11) is 1.73. The first-order valence-electron chi connectivity index (χ1n) is 9.16. The molecule has 0 aliphatic rings. The van der Waals surface area contributed by atoms with Gasteiger partial charge in [-0.05, 0) is 30.7 Å². The van der Waals surface area contributed by atoms with Crippen molar-refractivity contribution >= 4 is 39.2 Å². The number of aromatic nitrogens is 2. The first kappa shape index (κ1) is 19.1. The Morgan fingerprint density at radius 3 is 2.93 bits per heavy atom. The number of carbonyl (C=O) groups is 1. The van der Waals surface area contributed by atoms with E-state index in [9.17, 15) is 4.79 Å². The molecule has 0 atom stereocenters. The quantitative estimate of drug-likeness (QED) is 0.503. The van der Waals surface area contributed by atoms with Gasteiger partial charge in [0.05, 0.1) is 28.0 Å². The topological polar surface area (TPSA) is 97.3 Å². The number of nitrogens with zero attached hydrogens (tertiary/aromatic N) is 3. The summed E-state index contributed by atoms with van der Waals surface area (Å²) in [6.45, 7) is 2.42. The number of nitrogens with one attached hydrogen (secondary N) is 1. The van der Waals surface area contributed by atoms with Crippen LogP contribution in [0.3, 0.4) is 0 Å². The molecular formula is C21H21N5O2S. The number of anilines is 2. The predicted molar refractivity (Wildman–Crippen MR) is 115 cm³/mol. The van der Waals surface area contributed by atoms with E-state index in [4.69, 9.17) is 10.2 Å². The van der Waals surface area contributed by atoms with Crippen molar-refractivity contribution in [2.24, 2.45) is 5.73 Å². The van der Waals surface area contributed by atoms with Gasteiger partial charge in [-0.25, -0.2) is 9.97 Å². The summed E-state index contributed by atoms with van der Waals surface area (Å²) in [5.74, 6) is 0.509. The molecule has 4 aromatic rings. The Morgan fingerprint density at radius 2 is 2.10 bits per heavy atom. The van der Waals surface area contributed by atoms with Crippen LogP contribution in [0.2, 0.25) is 0 Å². The largest absolute Gasteiger partial charge is 0.423 e. The monoisotopic (exact) mass is 407 g/mol. The standard InChI is InChI=1S/C21H21N5O2S/c1-13-24-17-9-15(7-8-19(17)29-13)25-21-23-11-18(28-21)16-6-4-3-5-14(16)12-26(2)20(27)10-22/h3-9,11H,10,12,22H2,1-2H3,(H,23,25). The molecule has 0 saturated heterocycles. The first-order chi connectivity index (χ1) is 14.0. The van der Waals surface area contributed by atoms with Crippen LogP contribution in [-0.2, 0) is 11.3 Å². The van der Waals surface area contributed by atoms with E-state index >= 15 is 0 Å². The summed E-state index contributed by atoms with van der Waals surface area (Å²) in [5, 5.41) is 4.22. The lowest BCUT2D eigenvalue weighted by Gasteiger charge is -2.17. The van der Waals surface area contributed by atoms with E-state index < -0.39 is 0 Å². The molecule has 4 rings (SSSR count). The highest BCUT2D eigenvalue weighted by molar-refractivity contribution is 7.18. The smallest absolute Gasteiger partial charge is 0.299 e. The molecule has 0 aliphatic carbocycles. The van der Waals surface area contributed by atoms with Gasteiger partial charge in [0.2, 0.25) is 5.91 Å². The molecule has 2 heterocycles. The number of likely N-dealkylation sites (N-methyl/N-ethyl adjacent to an activating group) is 1. The molecule has 0 fully saturated rings. The van der Waals surface area contributed by atoms with Crippen LogP contribution in [0.4, 0.5) is 11.7 Å². The number of carbonyl (C=O) groups excluding carboxylic acids is 1. The van der Waals surface area contributed by atoms with Gasteiger partial charge in [0.1, 0.15) is 0 Å². The number of oxazole rings is 1. The average molecular weight is 407 g/mol. The summed E-state index contributed by atoms with van der Waals surface area (Å²) < 4.78 is 7.08. The van der Waals surface area contributed by atoms with Crippen molar-refractivity contribution in [2.45, 2.75) is 13.5 Å². The van der Waals surface area contributed by atoms with Crippen LogP contribution in [0.15, 0.2) is 53.1 Å². The number of fused-ring (bicyclic) bond motifs is 1. The second-order valence-corrected chi connectivity index (χ2v) is 7.92. The highest BCUT2D eigenvalue weighted by Crippen LogP contribution is 2.29. The molecule has 0 aliphatic heterocycles. The number of thiazole rings is 1. The minimum Gasteiger partial charge on any atom is -0.423 e. The maximum Gasteiger partial charge on any atom is 0.299 e. The Kier molecular flexibility index (Phi) is 5.28. The molecule has 29 heavy (non-hydrogen) atoms. The fraction of sp³-hybridized carbons (Fsp3) is 0.190. The van der Waals surface area contributed by atoms with Gasteiger partial charge in [-0.2, -0.15) is 0 Å². The molecule has 148 valence electrons. The number of amides is 1. The van der Waals surface area contributed by atoms with Crippen LogP contribution in [0, 0.1) is 6.92 Å². The van der Waals surface area contributed by atoms with E-state index in [2.05, 4.69) is 15.3 Å². The molecule has 0 radical (unpaired) electrons. The molecule has 1 amide bonds. The molecular weight excluding hydrogens is 386 g/mol. The third kappa shape index (κ3) is 4.13. The molecule has 0 unspecified atom stereocenters. The average Bonchev–Trinajstić information content (AvgIpc) is 3.33. The lowest BCUT2D eigenvalue weighted by Crippen LogP contribution is -2.32. The van der Waals surface area contributed by atoms with Gasteiger partial charge in [-0.3, -0.25) is 4.79 Å². The maximum absolute atomic E-state index is 11.8. The summed E-state index contributed by atoms with van der Waals surface area (Å²) >= 11 is 1.66. The molecule has 3 N–H and O–H groups in total. The first-order valence-corrected chi connectivity index (χ1v) is 9.97. The van der Waals surface area contributed by atoms with Crippen molar-refractivity contribution in [2.75, 3.05) is 18.9 Å². The van der Waals surface area contributed by atoms with Gasteiger partial charge >= 0.3 is 0 Å². The second kappa shape index (κ2) is 8.02. The molecule has 8 heteroatoms. The van der Waals surface area contributed by atoms with Crippen LogP contribution < -0.4 is 11.1 Å². The minimum atomic E-state index is -0.118. The van der Waals surface area contributed by atoms with Crippen LogP contribution in [0.25, 0.3) is 21.5 Å². The third-order valence-electron chi connectivity index (χ3n) is 4.54. The Hall–Kier alpha value is -3.23. The maximum atomic E-state index is 11.8. The SMILES string of the molecule is Cc1nc2cc(Nc3ncc(-c4ccccc4CN(C)C(=O)CN)o3)ccc2s1. The van der Waals surface area contributed by atoms with Crippen molar-refractivity contribution in [3.8, 4) is 11.3 Å². The molecule has 0 spiro atoms. The Labute approximate surface area is 172 Å². The Balaban J connectivity index is 1.56. The van der Waals surface area contributed by atoms with E-state index in [-0.39, 0.29) is 12.5 Å². The molecule has 0 bridgehead atoms. The van der Waals surface area contributed by atoms with Crippen molar-refractivity contribution in [1.29, 1.82) is 0 Å². The van der Waals surface area contributed by atoms with Gasteiger partial charge in [-0.15, -0.1) is 11.3 Å². The van der Waals surface area contributed by atoms with E-state index in [0.717, 1.165) is 32.0 Å². The number of nitrogens with two attached hydrogens (primary N) is 1. The van der Waals surface area contributed by atoms with Gasteiger partial charge in [0.15, 0.2) is 5.76 Å². The number of hydrogen-bond donors (Lipinski definition) is 2. The Bertz CT molecular complexity index is 1170. The van der Waals surface area contributed by atoms with Gasteiger partial charge in [-0.1, -0.05) is 24.3 Å². The zero-order chi connectivity index (χ0) is 20.4. The number of hydrogen-bond acceptors (Lipinski definition) is 7. The van der Waals surface area contributed by atoms with Crippen LogP contribution in [0.1, 0.15) is 10.6 Å². The lowest BCUT2D eigenvalue weighted by atomic mass is 10.1. The Morgan fingerprint density at radius 1 is 1.28 bits per heavy atom. The number of rotatable bonds is 6. The molecule has 2 aromatic carbocycles. The van der Waals surface area contributed by atoms with Crippen molar-refractivity contribution in [3.63, 3.8) is 0 Å². The molecule has 7 nitrogen and oxygen atoms in total. The van der Waals surface area contributed by atoms with E-state index in [1.165, 1.54) is 0 Å². The van der Waals surface area contributed by atoms with Crippen molar-refractivity contribution in [1.82, 2.24) is 14.9 Å². The van der Waals surface area contributed by atoms with E-state index in [1.807, 2.05) is 49.4 Å². The number of aryl methyl sites for hydroxylation is 1. The summed E-state index contributed by atoms with van der Waals surface area (Å²) in [5.41, 5.74) is 9.10. The molecule has 0 saturated carbocycles. The highest BCUT2D eigenvalue weighted by atomic mass is 32.1. The second-order valence-electron chi connectivity index (χ2n) is 6.68. The van der Waals surface area contributed by atoms with Crippen LogP contribution in [0.5, 0.6) is 0 Å². The predicted octanol–water partition coefficient (Wildman–Crippen LogP) is 3.92. The van der Waals surface area contributed by atoms with Crippen LogP contribution in [-0.4, -0.2) is 34.4 Å².